The van der Waals surface area contributed by atoms with Gasteiger partial charge in [-0.25, -0.2) is 9.78 Å². The number of carbonyl (C=O) groups excluding carboxylic acids is 1. The number of aryl methyl sites for hydroxylation is 1. The van der Waals surface area contributed by atoms with Crippen LogP contribution in [-0.4, -0.2) is 17.2 Å². The quantitative estimate of drug-likeness (QED) is 0.329. The van der Waals surface area contributed by atoms with Gasteiger partial charge in [-0.05, 0) is 48.9 Å². The second kappa shape index (κ2) is 7.52. The molecule has 1 heterocycles. The third kappa shape index (κ3) is 4.27. The van der Waals surface area contributed by atoms with Crippen LogP contribution >= 0.6 is 11.3 Å². The zero-order chi connectivity index (χ0) is 16.8. The number of hydrazone groups is 1. The fraction of sp³-hybridized carbons (Fsp3) is 0.0556. The maximum atomic E-state index is 12.0. The van der Waals surface area contributed by atoms with E-state index in [4.69, 9.17) is 4.74 Å². The maximum absolute atomic E-state index is 12.0. The van der Waals surface area contributed by atoms with E-state index >= 15 is 0 Å². The molecular weight excluding hydrogens is 322 g/mol. The highest BCUT2D eigenvalue weighted by atomic mass is 32.1. The van der Waals surface area contributed by atoms with Gasteiger partial charge in [-0.2, -0.15) is 5.10 Å². The summed E-state index contributed by atoms with van der Waals surface area (Å²) in [6, 6.07) is 16.0. The smallest absolute Gasteiger partial charge is 0.343 e. The largest absolute Gasteiger partial charge is 0.423 e. The summed E-state index contributed by atoms with van der Waals surface area (Å²) < 4.78 is 5.32. The van der Waals surface area contributed by atoms with Gasteiger partial charge in [0.15, 0.2) is 0 Å². The van der Waals surface area contributed by atoms with Crippen molar-refractivity contribution in [2.75, 3.05) is 5.43 Å². The average molecular weight is 337 g/mol. The van der Waals surface area contributed by atoms with Gasteiger partial charge in [0.05, 0.1) is 17.5 Å². The van der Waals surface area contributed by atoms with E-state index in [2.05, 4.69) is 15.5 Å². The summed E-state index contributed by atoms with van der Waals surface area (Å²) in [7, 11) is 0. The molecule has 0 bridgehead atoms. The van der Waals surface area contributed by atoms with Crippen LogP contribution in [0.4, 0.5) is 5.13 Å². The Bertz CT molecular complexity index is 842. The summed E-state index contributed by atoms with van der Waals surface area (Å²) in [5, 5.41) is 6.83. The molecule has 5 nitrogen and oxygen atoms in total. The van der Waals surface area contributed by atoms with Crippen molar-refractivity contribution in [1.82, 2.24) is 4.98 Å². The lowest BCUT2D eigenvalue weighted by atomic mass is 10.2. The average Bonchev–Trinajstić information content (AvgIpc) is 3.02. The maximum Gasteiger partial charge on any atom is 0.343 e. The van der Waals surface area contributed by atoms with Crippen molar-refractivity contribution >= 4 is 28.7 Å². The molecule has 24 heavy (non-hydrogen) atoms. The predicted octanol–water partition coefficient (Wildman–Crippen LogP) is 4.12. The van der Waals surface area contributed by atoms with Gasteiger partial charge in [0.2, 0.25) is 5.13 Å². The number of hydrogen-bond acceptors (Lipinski definition) is 6. The summed E-state index contributed by atoms with van der Waals surface area (Å²) in [5.41, 5.74) is 5.24. The Morgan fingerprint density at radius 2 is 1.92 bits per heavy atom. The third-order valence-electron chi connectivity index (χ3n) is 3.09. The first kappa shape index (κ1) is 15.9. The van der Waals surface area contributed by atoms with Crippen LogP contribution in [-0.2, 0) is 0 Å². The highest BCUT2D eigenvalue weighted by Crippen LogP contribution is 2.15. The van der Waals surface area contributed by atoms with E-state index in [0.29, 0.717) is 11.3 Å². The second-order valence-electron chi connectivity index (χ2n) is 4.99. The van der Waals surface area contributed by atoms with Crippen molar-refractivity contribution in [3.05, 3.63) is 76.8 Å². The second-order valence-corrected chi connectivity index (χ2v) is 5.85. The van der Waals surface area contributed by atoms with Crippen LogP contribution in [0.15, 0.2) is 65.1 Å². The lowest BCUT2D eigenvalue weighted by Crippen LogP contribution is -2.08. The lowest BCUT2D eigenvalue weighted by molar-refractivity contribution is 0.0735. The number of thiazole rings is 1. The van der Waals surface area contributed by atoms with Crippen LogP contribution in [0.2, 0.25) is 0 Å². The summed E-state index contributed by atoms with van der Waals surface area (Å²) in [6.45, 7) is 1.93. The SMILES string of the molecule is Cc1csc(N/N=C\c2ccc(OC(=O)c3ccccc3)cc2)n1. The Hall–Kier alpha value is -2.99. The molecule has 0 aliphatic carbocycles. The molecule has 0 fully saturated rings. The molecule has 2 aromatic carbocycles. The van der Waals surface area contributed by atoms with Crippen molar-refractivity contribution in [2.45, 2.75) is 6.92 Å². The number of carbonyl (C=O) groups is 1. The normalized spacial score (nSPS) is 10.7. The molecule has 6 heteroatoms. The predicted molar refractivity (Wildman–Crippen MR) is 95.9 cm³/mol. The fourth-order valence-corrected chi connectivity index (χ4v) is 2.57. The number of hydrogen-bond donors (Lipinski definition) is 1. The Balaban J connectivity index is 1.58. The first-order valence-electron chi connectivity index (χ1n) is 7.29. The molecule has 0 aliphatic rings. The molecule has 120 valence electrons. The van der Waals surface area contributed by atoms with Crippen molar-refractivity contribution in [1.29, 1.82) is 0 Å². The van der Waals surface area contributed by atoms with Crippen LogP contribution in [0.1, 0.15) is 21.6 Å². The van der Waals surface area contributed by atoms with Crippen molar-refractivity contribution < 1.29 is 9.53 Å². The van der Waals surface area contributed by atoms with Gasteiger partial charge in [0.25, 0.3) is 0 Å². The fourth-order valence-electron chi connectivity index (χ4n) is 1.93. The molecule has 0 unspecified atom stereocenters. The third-order valence-corrected chi connectivity index (χ3v) is 3.96. The zero-order valence-electron chi connectivity index (χ0n) is 13.0. The van der Waals surface area contributed by atoms with Crippen molar-refractivity contribution in [2.24, 2.45) is 5.10 Å². The standard InChI is InChI=1S/C18H15N3O2S/c1-13-12-24-18(20-13)21-19-11-14-7-9-16(10-8-14)23-17(22)15-5-3-2-4-6-15/h2-12H,1H3,(H,20,21)/b19-11-. The topological polar surface area (TPSA) is 63.6 Å². The van der Waals surface area contributed by atoms with Gasteiger partial charge < -0.3 is 4.74 Å². The van der Waals surface area contributed by atoms with Gasteiger partial charge in [-0.3, -0.25) is 5.43 Å². The van der Waals surface area contributed by atoms with E-state index < -0.39 is 0 Å². The van der Waals surface area contributed by atoms with E-state index in [9.17, 15) is 4.79 Å². The minimum Gasteiger partial charge on any atom is -0.423 e. The van der Waals surface area contributed by atoms with E-state index in [0.717, 1.165) is 16.4 Å². The molecule has 0 spiro atoms. The van der Waals surface area contributed by atoms with Gasteiger partial charge in [-0.1, -0.05) is 18.2 Å². The van der Waals surface area contributed by atoms with E-state index in [1.807, 2.05) is 30.5 Å². The van der Waals surface area contributed by atoms with E-state index in [1.54, 1.807) is 42.6 Å². The number of rotatable bonds is 5. The molecule has 1 N–H and O–H groups in total. The Morgan fingerprint density at radius 3 is 2.58 bits per heavy atom. The Kier molecular flexibility index (Phi) is 4.98. The summed E-state index contributed by atoms with van der Waals surface area (Å²) >= 11 is 1.50. The number of ether oxygens (including phenoxy) is 1. The van der Waals surface area contributed by atoms with Crippen LogP contribution in [0, 0.1) is 6.92 Å². The molecule has 3 rings (SSSR count). The summed E-state index contributed by atoms with van der Waals surface area (Å²) in [6.07, 6.45) is 1.68. The minimum atomic E-state index is -0.377. The first-order valence-corrected chi connectivity index (χ1v) is 8.17. The molecule has 0 radical (unpaired) electrons. The molecule has 0 saturated heterocycles. The zero-order valence-corrected chi connectivity index (χ0v) is 13.8. The monoisotopic (exact) mass is 337 g/mol. The number of benzene rings is 2. The number of esters is 1. The summed E-state index contributed by atoms with van der Waals surface area (Å²) in [4.78, 5) is 16.2. The molecule has 0 atom stereocenters. The molecular formula is C18H15N3O2S. The Labute approximate surface area is 143 Å². The molecule has 3 aromatic rings. The van der Waals surface area contributed by atoms with E-state index in [1.165, 1.54) is 11.3 Å². The van der Waals surface area contributed by atoms with Crippen LogP contribution in [0.3, 0.4) is 0 Å². The van der Waals surface area contributed by atoms with Crippen molar-refractivity contribution in [3.8, 4) is 5.75 Å². The van der Waals surface area contributed by atoms with Crippen LogP contribution in [0.25, 0.3) is 0 Å². The lowest BCUT2D eigenvalue weighted by Gasteiger charge is -2.04. The number of anilines is 1. The van der Waals surface area contributed by atoms with Gasteiger partial charge in [0, 0.05) is 5.38 Å². The molecule has 0 amide bonds. The summed E-state index contributed by atoms with van der Waals surface area (Å²) in [5.74, 6) is 0.113. The van der Waals surface area contributed by atoms with Gasteiger partial charge >= 0.3 is 5.97 Å². The number of nitrogens with one attached hydrogen (secondary N) is 1. The van der Waals surface area contributed by atoms with E-state index in [-0.39, 0.29) is 5.97 Å². The Morgan fingerprint density at radius 1 is 1.17 bits per heavy atom. The molecule has 1 aromatic heterocycles. The highest BCUT2D eigenvalue weighted by Gasteiger charge is 2.07. The number of nitrogens with zero attached hydrogens (tertiary/aromatic N) is 2. The first-order chi connectivity index (χ1) is 11.7. The number of aromatic nitrogens is 1. The van der Waals surface area contributed by atoms with Crippen LogP contribution in [0.5, 0.6) is 5.75 Å². The minimum absolute atomic E-state index is 0.377. The molecule has 0 saturated carbocycles. The highest BCUT2D eigenvalue weighted by molar-refractivity contribution is 7.13. The van der Waals surface area contributed by atoms with Crippen LogP contribution < -0.4 is 10.2 Å². The molecule has 0 aliphatic heterocycles. The van der Waals surface area contributed by atoms with Crippen molar-refractivity contribution in [3.63, 3.8) is 0 Å². The van der Waals surface area contributed by atoms with Gasteiger partial charge in [-0.15, -0.1) is 11.3 Å². The van der Waals surface area contributed by atoms with Gasteiger partial charge in [0.1, 0.15) is 5.75 Å².